The van der Waals surface area contributed by atoms with Gasteiger partial charge in [-0.3, -0.25) is 9.69 Å². The van der Waals surface area contributed by atoms with Crippen LogP contribution in [0.1, 0.15) is 17.1 Å². The summed E-state index contributed by atoms with van der Waals surface area (Å²) in [6, 6.07) is 7.36. The van der Waals surface area contributed by atoms with Crippen molar-refractivity contribution in [2.45, 2.75) is 20.0 Å². The van der Waals surface area contributed by atoms with Crippen LogP contribution in [0.5, 0.6) is 17.2 Å². The van der Waals surface area contributed by atoms with Gasteiger partial charge in [-0.1, -0.05) is 0 Å². The molecule has 0 unspecified atom stereocenters. The first-order valence-electron chi connectivity index (χ1n) is 8.26. The number of furan rings is 1. The third-order valence-electron chi connectivity index (χ3n) is 3.90. The number of carbonyl (C=O) groups excluding carboxylic acids is 1. The van der Waals surface area contributed by atoms with Gasteiger partial charge in [-0.2, -0.15) is 0 Å². The van der Waals surface area contributed by atoms with Crippen LogP contribution in [0.4, 0.5) is 0 Å². The molecular weight excluding hydrogens is 336 g/mol. The largest absolute Gasteiger partial charge is 0.496 e. The molecule has 0 aliphatic rings. The Morgan fingerprint density at radius 3 is 2.31 bits per heavy atom. The third kappa shape index (κ3) is 5.16. The number of rotatable bonds is 9. The van der Waals surface area contributed by atoms with Gasteiger partial charge in [0.05, 0.1) is 34.4 Å². The summed E-state index contributed by atoms with van der Waals surface area (Å²) in [5.74, 6) is 3.39. The maximum Gasteiger partial charge on any atom is 0.234 e. The highest BCUT2D eigenvalue weighted by atomic mass is 16.5. The van der Waals surface area contributed by atoms with Crippen LogP contribution in [0.15, 0.2) is 28.7 Å². The Morgan fingerprint density at radius 1 is 1.08 bits per heavy atom. The number of carbonyl (C=O) groups is 1. The van der Waals surface area contributed by atoms with Crippen molar-refractivity contribution in [1.82, 2.24) is 10.2 Å². The second kappa shape index (κ2) is 9.15. The maximum atomic E-state index is 12.2. The summed E-state index contributed by atoms with van der Waals surface area (Å²) in [6.45, 7) is 3.05. The molecule has 2 aromatic rings. The molecule has 0 atom stereocenters. The SMILES string of the molecule is COc1cc(OC)c(OC)cc1CNC(=O)CN(C)Cc1ccc(C)o1. The number of nitrogens with one attached hydrogen (secondary N) is 1. The molecule has 0 spiro atoms. The van der Waals surface area contributed by atoms with Crippen LogP contribution in [0, 0.1) is 6.92 Å². The number of hydrogen-bond acceptors (Lipinski definition) is 6. The van der Waals surface area contributed by atoms with E-state index < -0.39 is 0 Å². The van der Waals surface area contributed by atoms with Crippen molar-refractivity contribution in [3.05, 3.63) is 41.3 Å². The van der Waals surface area contributed by atoms with Crippen LogP contribution in [-0.2, 0) is 17.9 Å². The molecule has 2 rings (SSSR count). The van der Waals surface area contributed by atoms with Gasteiger partial charge in [0.25, 0.3) is 0 Å². The van der Waals surface area contributed by atoms with Gasteiger partial charge in [0, 0.05) is 18.2 Å². The standard InChI is InChI=1S/C19H26N2O5/c1-13-6-7-15(26-13)11-21(2)12-19(22)20-10-14-8-17(24-4)18(25-5)9-16(14)23-3/h6-9H,10-12H2,1-5H3,(H,20,22). The lowest BCUT2D eigenvalue weighted by Gasteiger charge is -2.17. The minimum Gasteiger partial charge on any atom is -0.496 e. The predicted octanol–water partition coefficient (Wildman–Crippen LogP) is 2.36. The van der Waals surface area contributed by atoms with Gasteiger partial charge in [0.2, 0.25) is 5.91 Å². The van der Waals surface area contributed by atoms with Crippen molar-refractivity contribution in [3.63, 3.8) is 0 Å². The normalized spacial score (nSPS) is 10.7. The van der Waals surface area contributed by atoms with Crippen LogP contribution < -0.4 is 19.5 Å². The minimum absolute atomic E-state index is 0.0902. The first-order valence-corrected chi connectivity index (χ1v) is 8.26. The van der Waals surface area contributed by atoms with E-state index in [9.17, 15) is 4.79 Å². The van der Waals surface area contributed by atoms with E-state index in [4.69, 9.17) is 18.6 Å². The van der Waals surface area contributed by atoms with Gasteiger partial charge in [-0.25, -0.2) is 0 Å². The van der Waals surface area contributed by atoms with Gasteiger partial charge >= 0.3 is 0 Å². The highest BCUT2D eigenvalue weighted by Gasteiger charge is 2.14. The van der Waals surface area contributed by atoms with E-state index in [2.05, 4.69) is 5.32 Å². The minimum atomic E-state index is -0.0902. The van der Waals surface area contributed by atoms with Gasteiger partial charge in [0.15, 0.2) is 11.5 Å². The van der Waals surface area contributed by atoms with Crippen molar-refractivity contribution in [1.29, 1.82) is 0 Å². The predicted molar refractivity (Wildman–Crippen MR) is 97.7 cm³/mol. The fourth-order valence-electron chi connectivity index (χ4n) is 2.62. The summed E-state index contributed by atoms with van der Waals surface area (Å²) < 4.78 is 21.5. The highest BCUT2D eigenvalue weighted by molar-refractivity contribution is 5.78. The van der Waals surface area contributed by atoms with E-state index in [1.54, 1.807) is 33.5 Å². The monoisotopic (exact) mass is 362 g/mol. The van der Waals surface area contributed by atoms with Crippen molar-refractivity contribution >= 4 is 5.91 Å². The fourth-order valence-corrected chi connectivity index (χ4v) is 2.62. The van der Waals surface area contributed by atoms with Gasteiger partial charge < -0.3 is 23.9 Å². The number of methoxy groups -OCH3 is 3. The zero-order valence-corrected chi connectivity index (χ0v) is 15.9. The quantitative estimate of drug-likeness (QED) is 0.738. The Kier molecular flexibility index (Phi) is 6.91. The van der Waals surface area contributed by atoms with E-state index in [1.807, 2.05) is 31.0 Å². The Labute approximate surface area is 153 Å². The molecule has 1 heterocycles. The van der Waals surface area contributed by atoms with Gasteiger partial charge in [0.1, 0.15) is 17.3 Å². The molecule has 1 aromatic heterocycles. The summed E-state index contributed by atoms with van der Waals surface area (Å²) in [6.07, 6.45) is 0. The number of aryl methyl sites for hydroxylation is 1. The zero-order chi connectivity index (χ0) is 19.1. The first kappa shape index (κ1) is 19.7. The fraction of sp³-hybridized carbons (Fsp3) is 0.421. The molecule has 142 valence electrons. The van der Waals surface area contributed by atoms with Crippen molar-refractivity contribution in [2.24, 2.45) is 0 Å². The lowest BCUT2D eigenvalue weighted by Crippen LogP contribution is -2.34. The van der Waals surface area contributed by atoms with E-state index in [0.29, 0.717) is 30.3 Å². The summed E-state index contributed by atoms with van der Waals surface area (Å²) >= 11 is 0. The molecule has 0 bridgehead atoms. The number of likely N-dealkylation sites (N-methyl/N-ethyl adjacent to an activating group) is 1. The average molecular weight is 362 g/mol. The van der Waals surface area contributed by atoms with Crippen LogP contribution in [0.3, 0.4) is 0 Å². The lowest BCUT2D eigenvalue weighted by atomic mass is 10.1. The van der Waals surface area contributed by atoms with Gasteiger partial charge in [-0.15, -0.1) is 0 Å². The molecule has 7 heteroatoms. The van der Waals surface area contributed by atoms with Crippen LogP contribution >= 0.6 is 0 Å². The Balaban J connectivity index is 1.93. The molecule has 7 nitrogen and oxygen atoms in total. The van der Waals surface area contributed by atoms with Crippen molar-refractivity contribution in [3.8, 4) is 17.2 Å². The Morgan fingerprint density at radius 2 is 1.73 bits per heavy atom. The number of ether oxygens (including phenoxy) is 3. The number of hydrogen-bond donors (Lipinski definition) is 1. The van der Waals surface area contributed by atoms with E-state index in [0.717, 1.165) is 17.1 Å². The van der Waals surface area contributed by atoms with Crippen LogP contribution in [0.25, 0.3) is 0 Å². The zero-order valence-electron chi connectivity index (χ0n) is 15.9. The molecule has 1 amide bonds. The second-order valence-electron chi connectivity index (χ2n) is 5.98. The number of nitrogens with zero attached hydrogens (tertiary/aromatic N) is 1. The molecule has 1 aromatic carbocycles. The molecule has 0 aliphatic carbocycles. The topological polar surface area (TPSA) is 73.2 Å². The van der Waals surface area contributed by atoms with E-state index in [-0.39, 0.29) is 12.5 Å². The van der Waals surface area contributed by atoms with Crippen LogP contribution in [0.2, 0.25) is 0 Å². The molecular formula is C19H26N2O5. The Hall–Kier alpha value is -2.67. The molecule has 0 saturated heterocycles. The van der Waals surface area contributed by atoms with Crippen molar-refractivity contribution < 1.29 is 23.4 Å². The maximum absolute atomic E-state index is 12.2. The molecule has 0 radical (unpaired) electrons. The van der Waals surface area contributed by atoms with Crippen LogP contribution in [-0.4, -0.2) is 45.7 Å². The smallest absolute Gasteiger partial charge is 0.234 e. The van der Waals surface area contributed by atoms with Crippen molar-refractivity contribution in [2.75, 3.05) is 34.9 Å². The second-order valence-corrected chi connectivity index (χ2v) is 5.98. The number of benzene rings is 1. The molecule has 26 heavy (non-hydrogen) atoms. The summed E-state index contributed by atoms with van der Waals surface area (Å²) in [5, 5.41) is 2.90. The molecule has 0 saturated carbocycles. The highest BCUT2D eigenvalue weighted by Crippen LogP contribution is 2.34. The summed E-state index contributed by atoms with van der Waals surface area (Å²) in [4.78, 5) is 14.1. The third-order valence-corrected chi connectivity index (χ3v) is 3.90. The van der Waals surface area contributed by atoms with Gasteiger partial charge in [-0.05, 0) is 32.2 Å². The lowest BCUT2D eigenvalue weighted by molar-refractivity contribution is -0.122. The average Bonchev–Trinajstić information content (AvgIpc) is 3.03. The molecule has 0 fully saturated rings. The summed E-state index contributed by atoms with van der Waals surface area (Å²) in [7, 11) is 6.58. The first-order chi connectivity index (χ1) is 12.5. The number of amides is 1. The molecule has 1 N–H and O–H groups in total. The van der Waals surface area contributed by atoms with E-state index in [1.165, 1.54) is 0 Å². The Bertz CT molecular complexity index is 742. The van der Waals surface area contributed by atoms with E-state index >= 15 is 0 Å². The molecule has 0 aliphatic heterocycles. The summed E-state index contributed by atoms with van der Waals surface area (Å²) in [5.41, 5.74) is 0.808.